The molecule has 4 rings (SSSR count). The Hall–Kier alpha value is -1.88. The third kappa shape index (κ3) is 2.61. The highest BCUT2D eigenvalue weighted by Crippen LogP contribution is 2.31. The van der Waals surface area contributed by atoms with E-state index in [2.05, 4.69) is 16.8 Å². The number of fused-ring (bicyclic) bond motifs is 1. The lowest BCUT2D eigenvalue weighted by atomic mass is 10.0. The van der Waals surface area contributed by atoms with Gasteiger partial charge in [0.05, 0.1) is 0 Å². The quantitative estimate of drug-likeness (QED) is 0.868. The van der Waals surface area contributed by atoms with E-state index in [1.54, 1.807) is 6.07 Å². The van der Waals surface area contributed by atoms with Crippen LogP contribution in [-0.2, 0) is 0 Å². The summed E-state index contributed by atoms with van der Waals surface area (Å²) in [5.74, 6) is 0.451. The molecule has 2 atom stereocenters. The Morgan fingerprint density at radius 3 is 2.88 bits per heavy atom. The van der Waals surface area contributed by atoms with Gasteiger partial charge < -0.3 is 9.32 Å². The van der Waals surface area contributed by atoms with Crippen LogP contribution < -0.4 is 0 Å². The predicted octanol–water partition coefficient (Wildman–Crippen LogP) is 3.23. The van der Waals surface area contributed by atoms with Gasteiger partial charge in [-0.05, 0) is 57.8 Å². The monoisotopic (exact) mass is 327 g/mol. The molecule has 1 amide bonds. The first kappa shape index (κ1) is 15.6. The molecule has 128 valence electrons. The number of hydrogen-bond acceptors (Lipinski definition) is 4. The van der Waals surface area contributed by atoms with E-state index < -0.39 is 0 Å². The summed E-state index contributed by atoms with van der Waals surface area (Å²) >= 11 is 0. The lowest BCUT2D eigenvalue weighted by molar-refractivity contribution is 0.0621. The average Bonchev–Trinajstić information content (AvgIpc) is 3.30. The van der Waals surface area contributed by atoms with Crippen molar-refractivity contribution >= 4 is 17.0 Å². The fourth-order valence-electron chi connectivity index (χ4n) is 4.40. The van der Waals surface area contributed by atoms with Gasteiger partial charge in [0.15, 0.2) is 11.3 Å². The highest BCUT2D eigenvalue weighted by Gasteiger charge is 2.40. The van der Waals surface area contributed by atoms with Crippen LogP contribution in [0, 0.1) is 6.92 Å². The van der Waals surface area contributed by atoms with Crippen LogP contribution >= 0.6 is 0 Å². The lowest BCUT2D eigenvalue weighted by Crippen LogP contribution is -2.48. The summed E-state index contributed by atoms with van der Waals surface area (Å²) in [7, 11) is 0. The smallest absolute Gasteiger partial charge is 0.289 e. The Morgan fingerprint density at radius 2 is 2.04 bits per heavy atom. The highest BCUT2D eigenvalue weighted by molar-refractivity contribution is 5.95. The number of likely N-dealkylation sites (N-methyl/N-ethyl adjacent to an activating group) is 1. The Labute approximate surface area is 142 Å². The van der Waals surface area contributed by atoms with Gasteiger partial charge in [0.2, 0.25) is 0 Å². The van der Waals surface area contributed by atoms with E-state index in [4.69, 9.17) is 4.42 Å². The molecule has 0 bridgehead atoms. The van der Waals surface area contributed by atoms with E-state index in [1.165, 1.54) is 12.8 Å². The second kappa shape index (κ2) is 6.20. The third-order valence-electron chi connectivity index (χ3n) is 5.55. The van der Waals surface area contributed by atoms with Crippen LogP contribution in [0.15, 0.2) is 22.6 Å². The molecule has 2 fully saturated rings. The lowest BCUT2D eigenvalue weighted by Gasteiger charge is -2.34. The van der Waals surface area contributed by atoms with E-state index in [0.717, 1.165) is 43.7 Å². The van der Waals surface area contributed by atoms with Gasteiger partial charge in [0.1, 0.15) is 5.52 Å². The molecule has 5 heteroatoms. The molecule has 2 aromatic rings. The van der Waals surface area contributed by atoms with Crippen molar-refractivity contribution < 1.29 is 9.21 Å². The minimum absolute atomic E-state index is 0.0242. The Kier molecular flexibility index (Phi) is 4.04. The molecule has 5 nitrogen and oxygen atoms in total. The number of hydrogen-bond donors (Lipinski definition) is 0. The first-order valence-electron chi connectivity index (χ1n) is 9.09. The van der Waals surface area contributed by atoms with E-state index >= 15 is 0 Å². The summed E-state index contributed by atoms with van der Waals surface area (Å²) in [5.41, 5.74) is 2.40. The first-order chi connectivity index (χ1) is 11.7. The number of carbonyl (C=O) groups is 1. The Balaban J connectivity index is 1.60. The minimum atomic E-state index is 0.0242. The molecule has 0 aliphatic carbocycles. The Morgan fingerprint density at radius 1 is 1.25 bits per heavy atom. The molecule has 4 heterocycles. The van der Waals surface area contributed by atoms with Crippen molar-refractivity contribution in [3.63, 3.8) is 0 Å². The van der Waals surface area contributed by atoms with Gasteiger partial charge in [-0.1, -0.05) is 6.92 Å². The minimum Gasteiger partial charge on any atom is -0.449 e. The molecule has 2 aromatic heterocycles. The fraction of sp³-hybridized carbons (Fsp3) is 0.579. The van der Waals surface area contributed by atoms with E-state index in [9.17, 15) is 4.79 Å². The van der Waals surface area contributed by atoms with Crippen LogP contribution in [0.3, 0.4) is 0 Å². The van der Waals surface area contributed by atoms with Crippen LogP contribution in [0.4, 0.5) is 0 Å². The zero-order valence-corrected chi connectivity index (χ0v) is 14.5. The van der Waals surface area contributed by atoms with E-state index in [1.807, 2.05) is 24.0 Å². The number of furan rings is 1. The second-order valence-electron chi connectivity index (χ2n) is 6.99. The van der Waals surface area contributed by atoms with Crippen LogP contribution in [0.25, 0.3) is 11.1 Å². The van der Waals surface area contributed by atoms with Crippen molar-refractivity contribution in [2.75, 3.05) is 19.6 Å². The van der Waals surface area contributed by atoms with Gasteiger partial charge in [-0.15, -0.1) is 0 Å². The summed E-state index contributed by atoms with van der Waals surface area (Å²) in [4.78, 5) is 22.1. The number of aryl methyl sites for hydroxylation is 1. The standard InChI is InChI=1S/C19H25N3O2/c1-3-21-10-4-6-15(21)16-7-5-11-22(16)19(23)18-12-14-17(24-18)9-8-13(2)20-14/h8-9,12,15-16H,3-7,10-11H2,1-2H3/t15-,16-/m0/s1. The molecule has 0 saturated carbocycles. The van der Waals surface area contributed by atoms with Crippen molar-refractivity contribution in [3.05, 3.63) is 29.7 Å². The van der Waals surface area contributed by atoms with Crippen LogP contribution in [0.5, 0.6) is 0 Å². The van der Waals surface area contributed by atoms with Crippen molar-refractivity contribution in [3.8, 4) is 0 Å². The summed E-state index contributed by atoms with van der Waals surface area (Å²) in [6, 6.07) is 6.43. The molecule has 2 saturated heterocycles. The largest absolute Gasteiger partial charge is 0.449 e. The average molecular weight is 327 g/mol. The van der Waals surface area contributed by atoms with Crippen molar-refractivity contribution in [1.82, 2.24) is 14.8 Å². The maximum absolute atomic E-state index is 13.0. The number of pyridine rings is 1. The third-order valence-corrected chi connectivity index (χ3v) is 5.55. The molecule has 24 heavy (non-hydrogen) atoms. The van der Waals surface area contributed by atoms with Crippen molar-refractivity contribution in [2.45, 2.75) is 51.6 Å². The van der Waals surface area contributed by atoms with Gasteiger partial charge in [0, 0.05) is 30.4 Å². The van der Waals surface area contributed by atoms with Crippen LogP contribution in [-0.4, -0.2) is 52.4 Å². The summed E-state index contributed by atoms with van der Waals surface area (Å²) in [5, 5.41) is 0. The fourth-order valence-corrected chi connectivity index (χ4v) is 4.40. The topological polar surface area (TPSA) is 49.6 Å². The van der Waals surface area contributed by atoms with Crippen LogP contribution in [0.2, 0.25) is 0 Å². The molecule has 0 unspecified atom stereocenters. The van der Waals surface area contributed by atoms with Gasteiger partial charge in [0.25, 0.3) is 5.91 Å². The van der Waals surface area contributed by atoms with Gasteiger partial charge in [-0.2, -0.15) is 0 Å². The summed E-state index contributed by atoms with van der Waals surface area (Å²) in [6.07, 6.45) is 4.63. The molecule has 2 aliphatic rings. The maximum Gasteiger partial charge on any atom is 0.289 e. The van der Waals surface area contributed by atoms with E-state index in [0.29, 0.717) is 23.4 Å². The molecule has 0 spiro atoms. The predicted molar refractivity (Wildman–Crippen MR) is 93.1 cm³/mol. The number of carbonyl (C=O) groups excluding carboxylic acids is 1. The maximum atomic E-state index is 13.0. The highest BCUT2D eigenvalue weighted by atomic mass is 16.3. The number of nitrogens with zero attached hydrogens (tertiary/aromatic N) is 3. The number of amides is 1. The zero-order valence-electron chi connectivity index (χ0n) is 14.5. The van der Waals surface area contributed by atoms with E-state index in [-0.39, 0.29) is 5.91 Å². The summed E-state index contributed by atoms with van der Waals surface area (Å²) < 4.78 is 5.79. The molecular weight excluding hydrogens is 302 g/mol. The number of rotatable bonds is 3. The van der Waals surface area contributed by atoms with Gasteiger partial charge >= 0.3 is 0 Å². The molecule has 0 aromatic carbocycles. The van der Waals surface area contributed by atoms with Gasteiger partial charge in [-0.25, -0.2) is 4.98 Å². The zero-order chi connectivity index (χ0) is 16.7. The molecular formula is C19H25N3O2. The number of aromatic nitrogens is 1. The Bertz CT molecular complexity index is 754. The SMILES string of the molecule is CCN1CCC[C@H]1[C@@H]1CCCN1C(=O)c1cc2nc(C)ccc2o1. The molecule has 0 N–H and O–H groups in total. The number of likely N-dealkylation sites (tertiary alicyclic amines) is 2. The first-order valence-corrected chi connectivity index (χ1v) is 9.09. The van der Waals surface area contributed by atoms with Crippen molar-refractivity contribution in [2.24, 2.45) is 0 Å². The molecule has 0 radical (unpaired) electrons. The summed E-state index contributed by atoms with van der Waals surface area (Å²) in [6.45, 7) is 7.22. The second-order valence-corrected chi connectivity index (χ2v) is 6.99. The van der Waals surface area contributed by atoms with Crippen LogP contribution in [0.1, 0.15) is 48.9 Å². The van der Waals surface area contributed by atoms with Crippen molar-refractivity contribution in [1.29, 1.82) is 0 Å². The van der Waals surface area contributed by atoms with Gasteiger partial charge in [-0.3, -0.25) is 9.69 Å². The normalized spacial score (nSPS) is 25.0. The molecule has 2 aliphatic heterocycles.